The largest absolute Gasteiger partial charge is 0.507 e. The van der Waals surface area contributed by atoms with Gasteiger partial charge in [0, 0.05) is 11.8 Å². The summed E-state index contributed by atoms with van der Waals surface area (Å²) in [6, 6.07) is 8.70. The van der Waals surface area contributed by atoms with Gasteiger partial charge < -0.3 is 5.11 Å². The monoisotopic (exact) mass is 413 g/mol. The first-order chi connectivity index (χ1) is 14.6. The third-order valence-electron chi connectivity index (χ3n) is 5.55. The minimum atomic E-state index is -1.58. The number of alkyl halides is 1. The van der Waals surface area contributed by atoms with Crippen LogP contribution in [0.15, 0.2) is 36.5 Å². The second kappa shape index (κ2) is 13.1. The molecule has 2 aromatic rings. The number of hydrogen-bond donors (Lipinski definition) is 1. The minimum Gasteiger partial charge on any atom is -0.507 e. The van der Waals surface area contributed by atoms with Crippen molar-refractivity contribution >= 4 is 5.78 Å². The summed E-state index contributed by atoms with van der Waals surface area (Å²) >= 11 is 0. The molecule has 0 aliphatic carbocycles. The Hall–Kier alpha value is -2.23. The molecule has 4 heteroatoms. The number of phenols is 1. The number of aromatic nitrogens is 1. The third-order valence-corrected chi connectivity index (χ3v) is 5.55. The molecule has 164 valence electrons. The highest BCUT2D eigenvalue weighted by molar-refractivity contribution is 6.02. The zero-order chi connectivity index (χ0) is 21.8. The van der Waals surface area contributed by atoms with Gasteiger partial charge in [-0.3, -0.25) is 9.78 Å². The van der Waals surface area contributed by atoms with Crippen molar-refractivity contribution < 1.29 is 14.3 Å². The number of hydrogen-bond acceptors (Lipinski definition) is 3. The molecule has 1 aromatic carbocycles. The van der Waals surface area contributed by atoms with Crippen molar-refractivity contribution in [3.63, 3.8) is 0 Å². The summed E-state index contributed by atoms with van der Waals surface area (Å²) in [6.45, 7) is 4.19. The van der Waals surface area contributed by atoms with Crippen LogP contribution in [0.4, 0.5) is 4.39 Å². The Kier molecular flexibility index (Phi) is 10.5. The number of unbranched alkanes of at least 4 members (excludes halogenated alkanes) is 7. The quantitative estimate of drug-likeness (QED) is 0.258. The van der Waals surface area contributed by atoms with Crippen molar-refractivity contribution in [3.8, 4) is 17.0 Å². The van der Waals surface area contributed by atoms with E-state index in [1.54, 1.807) is 12.1 Å². The first kappa shape index (κ1) is 24.0. The molecule has 0 fully saturated rings. The Morgan fingerprint density at radius 2 is 1.67 bits per heavy atom. The number of benzene rings is 1. The van der Waals surface area contributed by atoms with Gasteiger partial charge in [0.15, 0.2) is 6.17 Å². The number of carbonyl (C=O) groups is 1. The molecule has 0 bridgehead atoms. The molecule has 1 aromatic heterocycles. The summed E-state index contributed by atoms with van der Waals surface area (Å²) in [5.41, 5.74) is 2.66. The van der Waals surface area contributed by atoms with Crippen LogP contribution in [-0.4, -0.2) is 22.0 Å². The fourth-order valence-electron chi connectivity index (χ4n) is 3.61. The predicted molar refractivity (Wildman–Crippen MR) is 122 cm³/mol. The summed E-state index contributed by atoms with van der Waals surface area (Å²) in [5.74, 6) is -0.836. The predicted octanol–water partition coefficient (Wildman–Crippen LogP) is 7.46. The van der Waals surface area contributed by atoms with Crippen LogP contribution >= 0.6 is 0 Å². The average molecular weight is 414 g/mol. The zero-order valence-electron chi connectivity index (χ0n) is 18.5. The lowest BCUT2D eigenvalue weighted by atomic mass is 9.98. The van der Waals surface area contributed by atoms with E-state index >= 15 is 0 Å². The number of ketones is 1. The van der Waals surface area contributed by atoms with E-state index in [1.807, 2.05) is 19.2 Å². The van der Waals surface area contributed by atoms with Gasteiger partial charge in [-0.05, 0) is 49.1 Å². The molecule has 3 nitrogen and oxygen atoms in total. The molecule has 0 aliphatic rings. The maximum atomic E-state index is 14.2. The van der Waals surface area contributed by atoms with E-state index in [1.165, 1.54) is 56.6 Å². The van der Waals surface area contributed by atoms with Gasteiger partial charge in [0.1, 0.15) is 5.75 Å². The molecule has 1 N–H and O–H groups in total. The van der Waals surface area contributed by atoms with E-state index in [-0.39, 0.29) is 17.7 Å². The lowest BCUT2D eigenvalue weighted by molar-refractivity contribution is 0.0864. The van der Waals surface area contributed by atoms with Crippen molar-refractivity contribution in [1.29, 1.82) is 0 Å². The second-order valence-electron chi connectivity index (χ2n) is 8.13. The van der Waals surface area contributed by atoms with Crippen LogP contribution in [0.2, 0.25) is 0 Å². The molecule has 1 heterocycles. The number of carbonyl (C=O) groups excluding carboxylic acids is 1. The second-order valence-corrected chi connectivity index (χ2v) is 8.13. The Balaban J connectivity index is 1.95. The maximum Gasteiger partial charge on any atom is 0.200 e. The van der Waals surface area contributed by atoms with Gasteiger partial charge in [-0.15, -0.1) is 0 Å². The van der Waals surface area contributed by atoms with Crippen molar-refractivity contribution in [3.05, 3.63) is 47.7 Å². The standard InChI is InChI=1S/C26H36FNO2/c1-3-5-7-8-9-10-11-12-20-14-16-24(28-19-20)21-15-17-25(29)22(18-21)26(30)23(27)13-6-4-2/h14-19,23,29H,3-13H2,1-2H3. The first-order valence-corrected chi connectivity index (χ1v) is 11.5. The van der Waals surface area contributed by atoms with Crippen LogP contribution in [0, 0.1) is 0 Å². The summed E-state index contributed by atoms with van der Waals surface area (Å²) in [5, 5.41) is 10.1. The number of rotatable bonds is 14. The van der Waals surface area contributed by atoms with Crippen LogP contribution in [-0.2, 0) is 6.42 Å². The van der Waals surface area contributed by atoms with E-state index in [4.69, 9.17) is 0 Å². The molecule has 30 heavy (non-hydrogen) atoms. The highest BCUT2D eigenvalue weighted by Crippen LogP contribution is 2.27. The van der Waals surface area contributed by atoms with E-state index in [9.17, 15) is 14.3 Å². The van der Waals surface area contributed by atoms with E-state index in [0.717, 1.165) is 18.5 Å². The number of aromatic hydroxyl groups is 1. The van der Waals surface area contributed by atoms with Gasteiger partial charge in [-0.1, -0.05) is 71.3 Å². The van der Waals surface area contributed by atoms with Crippen molar-refractivity contribution in [2.45, 2.75) is 90.6 Å². The number of halogens is 1. The van der Waals surface area contributed by atoms with Gasteiger partial charge in [-0.25, -0.2) is 4.39 Å². The van der Waals surface area contributed by atoms with E-state index in [2.05, 4.69) is 18.0 Å². The SMILES string of the molecule is CCCCCCCCCc1ccc(-c2ccc(O)c(C(=O)C(F)CCCC)c2)nc1. The topological polar surface area (TPSA) is 50.2 Å². The van der Waals surface area contributed by atoms with Crippen LogP contribution < -0.4 is 0 Å². The van der Waals surface area contributed by atoms with Crippen molar-refractivity contribution in [2.24, 2.45) is 0 Å². The molecule has 1 atom stereocenters. The Morgan fingerprint density at radius 3 is 2.33 bits per heavy atom. The summed E-state index contributed by atoms with van der Waals surface area (Å²) in [6.07, 6.45) is 12.0. The Morgan fingerprint density at radius 1 is 0.967 bits per heavy atom. The van der Waals surface area contributed by atoms with Crippen molar-refractivity contribution in [1.82, 2.24) is 4.98 Å². The number of nitrogens with zero attached hydrogens (tertiary/aromatic N) is 1. The first-order valence-electron chi connectivity index (χ1n) is 11.5. The summed E-state index contributed by atoms with van der Waals surface area (Å²) in [7, 11) is 0. The minimum absolute atomic E-state index is 0.0325. The van der Waals surface area contributed by atoms with Gasteiger partial charge >= 0.3 is 0 Å². The third kappa shape index (κ3) is 7.55. The molecule has 1 unspecified atom stereocenters. The lowest BCUT2D eigenvalue weighted by Crippen LogP contribution is -2.16. The molecule has 0 saturated heterocycles. The number of pyridine rings is 1. The number of aryl methyl sites for hydroxylation is 1. The fraction of sp³-hybridized carbons (Fsp3) is 0.538. The molecule has 0 spiro atoms. The molecule has 0 amide bonds. The average Bonchev–Trinajstić information content (AvgIpc) is 2.77. The highest BCUT2D eigenvalue weighted by atomic mass is 19.1. The number of phenolic OH excluding ortho intramolecular Hbond substituents is 1. The van der Waals surface area contributed by atoms with Crippen LogP contribution in [0.5, 0.6) is 5.75 Å². The van der Waals surface area contributed by atoms with Crippen LogP contribution in [0.3, 0.4) is 0 Å². The van der Waals surface area contributed by atoms with Crippen LogP contribution in [0.1, 0.15) is 94.0 Å². The molecule has 0 radical (unpaired) electrons. The van der Waals surface area contributed by atoms with Crippen molar-refractivity contribution in [2.75, 3.05) is 0 Å². The fourth-order valence-corrected chi connectivity index (χ4v) is 3.61. The highest BCUT2D eigenvalue weighted by Gasteiger charge is 2.22. The van der Waals surface area contributed by atoms with Gasteiger partial charge in [0.25, 0.3) is 0 Å². The van der Waals surface area contributed by atoms with Crippen LogP contribution in [0.25, 0.3) is 11.3 Å². The normalized spacial score (nSPS) is 12.1. The summed E-state index contributed by atoms with van der Waals surface area (Å²) in [4.78, 5) is 16.9. The molecular weight excluding hydrogens is 377 g/mol. The molecule has 0 aliphatic heterocycles. The lowest BCUT2D eigenvalue weighted by Gasteiger charge is -2.10. The maximum absolute atomic E-state index is 14.2. The van der Waals surface area contributed by atoms with E-state index in [0.29, 0.717) is 12.0 Å². The summed E-state index contributed by atoms with van der Waals surface area (Å²) < 4.78 is 14.2. The number of Topliss-reactive ketones (excluding diaryl/α,β-unsaturated/α-hetero) is 1. The zero-order valence-corrected chi connectivity index (χ0v) is 18.5. The van der Waals surface area contributed by atoms with Gasteiger partial charge in [-0.2, -0.15) is 0 Å². The van der Waals surface area contributed by atoms with Gasteiger partial charge in [0.05, 0.1) is 11.3 Å². The molecular formula is C26H36FNO2. The smallest absolute Gasteiger partial charge is 0.200 e. The Labute approximate surface area is 180 Å². The Bertz CT molecular complexity index is 773. The molecule has 0 saturated carbocycles. The molecule has 2 rings (SSSR count). The van der Waals surface area contributed by atoms with Gasteiger partial charge in [0.2, 0.25) is 5.78 Å². The van der Waals surface area contributed by atoms with E-state index < -0.39 is 12.0 Å².